The summed E-state index contributed by atoms with van der Waals surface area (Å²) in [4.78, 5) is 17.3. The molecule has 1 aliphatic rings. The van der Waals surface area contributed by atoms with Crippen LogP contribution in [-0.2, 0) is 9.84 Å². The Morgan fingerprint density at radius 1 is 1.17 bits per heavy atom. The van der Waals surface area contributed by atoms with Gasteiger partial charge in [-0.2, -0.15) is 0 Å². The van der Waals surface area contributed by atoms with E-state index in [1.165, 1.54) is 11.2 Å². The highest BCUT2D eigenvalue weighted by atomic mass is 32.2. The zero-order valence-corrected chi connectivity index (χ0v) is 16.8. The van der Waals surface area contributed by atoms with Crippen molar-refractivity contribution >= 4 is 32.5 Å². The first-order valence-electron chi connectivity index (χ1n) is 9.33. The molecule has 0 unspecified atom stereocenters. The van der Waals surface area contributed by atoms with Gasteiger partial charge in [0, 0.05) is 37.0 Å². The first-order chi connectivity index (χ1) is 13.8. The maximum atomic E-state index is 11.7. The standard InChI is InChI=1S/C20H22N4O4S/c1-29(27,28)17-3-4-18-14(12-17)6-11-24(18)19-5-2-16(13-21-19)22-15-7-9-23(10-8-15)20(25)26/h2-6,11-13,15,22H,7-10H2,1H3,(H,25,26). The quantitative estimate of drug-likeness (QED) is 0.680. The van der Waals surface area contributed by atoms with E-state index in [1.54, 1.807) is 24.4 Å². The molecule has 2 aromatic heterocycles. The molecule has 0 bridgehead atoms. The SMILES string of the molecule is CS(=O)(=O)c1ccc2c(ccn2-c2ccc(NC3CCN(C(=O)O)CC3)cn2)c1. The van der Waals surface area contributed by atoms with E-state index >= 15 is 0 Å². The highest BCUT2D eigenvalue weighted by molar-refractivity contribution is 7.90. The highest BCUT2D eigenvalue weighted by Crippen LogP contribution is 2.24. The molecule has 29 heavy (non-hydrogen) atoms. The number of anilines is 1. The Kier molecular flexibility index (Phi) is 4.91. The largest absolute Gasteiger partial charge is 0.465 e. The Bertz CT molecular complexity index is 1150. The van der Waals surface area contributed by atoms with Gasteiger partial charge < -0.3 is 19.9 Å². The van der Waals surface area contributed by atoms with E-state index in [-0.39, 0.29) is 6.04 Å². The molecule has 1 aromatic carbocycles. The number of rotatable bonds is 4. The lowest BCUT2D eigenvalue weighted by molar-refractivity contribution is 0.134. The van der Waals surface area contributed by atoms with Crippen LogP contribution in [0.5, 0.6) is 0 Å². The number of aromatic nitrogens is 2. The van der Waals surface area contributed by atoms with E-state index in [2.05, 4.69) is 10.3 Å². The summed E-state index contributed by atoms with van der Waals surface area (Å²) < 4.78 is 25.4. The van der Waals surface area contributed by atoms with Crippen molar-refractivity contribution in [1.82, 2.24) is 14.5 Å². The molecule has 0 aliphatic carbocycles. The van der Waals surface area contributed by atoms with Crippen LogP contribution in [0.15, 0.2) is 53.7 Å². The second-order valence-electron chi connectivity index (χ2n) is 7.27. The topological polar surface area (TPSA) is 105 Å². The summed E-state index contributed by atoms with van der Waals surface area (Å²) in [5.74, 6) is 0.735. The summed E-state index contributed by atoms with van der Waals surface area (Å²) in [7, 11) is -3.25. The number of carboxylic acid groups (broad SMARTS) is 1. The van der Waals surface area contributed by atoms with Gasteiger partial charge in [-0.25, -0.2) is 18.2 Å². The molecule has 0 saturated carbocycles. The predicted molar refractivity (Wildman–Crippen MR) is 110 cm³/mol. The van der Waals surface area contributed by atoms with E-state index in [4.69, 9.17) is 5.11 Å². The summed E-state index contributed by atoms with van der Waals surface area (Å²) in [6.07, 6.45) is 5.49. The predicted octanol–water partition coefficient (Wildman–Crippen LogP) is 2.98. The summed E-state index contributed by atoms with van der Waals surface area (Å²) in [5.41, 5.74) is 1.77. The molecular formula is C20H22N4O4S. The molecule has 2 N–H and O–H groups in total. The third-order valence-electron chi connectivity index (χ3n) is 5.22. The molecule has 0 atom stereocenters. The molecule has 152 valence electrons. The number of amides is 1. The number of pyridine rings is 1. The summed E-state index contributed by atoms with van der Waals surface area (Å²) in [5, 5.41) is 13.3. The van der Waals surface area contributed by atoms with Crippen molar-refractivity contribution in [3.63, 3.8) is 0 Å². The lowest BCUT2D eigenvalue weighted by Gasteiger charge is -2.30. The van der Waals surface area contributed by atoms with E-state index in [1.807, 2.05) is 29.0 Å². The Balaban J connectivity index is 1.49. The number of sulfone groups is 1. The van der Waals surface area contributed by atoms with Gasteiger partial charge in [-0.05, 0) is 49.2 Å². The van der Waals surface area contributed by atoms with E-state index in [9.17, 15) is 13.2 Å². The maximum Gasteiger partial charge on any atom is 0.407 e. The third-order valence-corrected chi connectivity index (χ3v) is 6.33. The fourth-order valence-corrected chi connectivity index (χ4v) is 4.27. The maximum absolute atomic E-state index is 11.7. The first-order valence-corrected chi connectivity index (χ1v) is 11.2. The van der Waals surface area contributed by atoms with Gasteiger partial charge in [-0.3, -0.25) is 0 Å². The number of likely N-dealkylation sites (tertiary alicyclic amines) is 1. The molecule has 3 heterocycles. The number of hydrogen-bond acceptors (Lipinski definition) is 5. The molecular weight excluding hydrogens is 392 g/mol. The van der Waals surface area contributed by atoms with Crippen molar-refractivity contribution < 1.29 is 18.3 Å². The van der Waals surface area contributed by atoms with Crippen LogP contribution in [0, 0.1) is 0 Å². The number of carbonyl (C=O) groups is 1. The van der Waals surface area contributed by atoms with Crippen LogP contribution >= 0.6 is 0 Å². The van der Waals surface area contributed by atoms with E-state index in [0.29, 0.717) is 18.0 Å². The van der Waals surface area contributed by atoms with Crippen LogP contribution < -0.4 is 5.32 Å². The van der Waals surface area contributed by atoms with E-state index in [0.717, 1.165) is 35.2 Å². The van der Waals surface area contributed by atoms with Crippen LogP contribution in [0.4, 0.5) is 10.5 Å². The fraction of sp³-hybridized carbons (Fsp3) is 0.300. The number of nitrogens with one attached hydrogen (secondary N) is 1. The number of hydrogen-bond donors (Lipinski definition) is 2. The number of piperidine rings is 1. The molecule has 4 rings (SSSR count). The first kappa shape index (κ1) is 19.3. The minimum Gasteiger partial charge on any atom is -0.465 e. The van der Waals surface area contributed by atoms with Gasteiger partial charge >= 0.3 is 6.09 Å². The second kappa shape index (κ2) is 7.40. The molecule has 1 amide bonds. The molecule has 9 heteroatoms. The smallest absolute Gasteiger partial charge is 0.407 e. The molecule has 1 saturated heterocycles. The lowest BCUT2D eigenvalue weighted by Crippen LogP contribution is -2.41. The van der Waals surface area contributed by atoms with Crippen LogP contribution in [0.3, 0.4) is 0 Å². The zero-order chi connectivity index (χ0) is 20.6. The number of nitrogens with zero attached hydrogens (tertiary/aromatic N) is 3. The Labute approximate surface area is 168 Å². The normalized spacial score (nSPS) is 15.6. The number of fused-ring (bicyclic) bond motifs is 1. The third kappa shape index (κ3) is 4.04. The van der Waals surface area contributed by atoms with Gasteiger partial charge in [-0.1, -0.05) is 0 Å². The van der Waals surface area contributed by atoms with Crippen LogP contribution in [-0.4, -0.2) is 59.5 Å². The molecule has 3 aromatic rings. The van der Waals surface area contributed by atoms with Crippen LogP contribution in [0.25, 0.3) is 16.7 Å². The van der Waals surface area contributed by atoms with Crippen molar-refractivity contribution in [2.45, 2.75) is 23.8 Å². The van der Waals surface area contributed by atoms with Crippen molar-refractivity contribution in [2.75, 3.05) is 24.7 Å². The second-order valence-corrected chi connectivity index (χ2v) is 9.29. The van der Waals surface area contributed by atoms with Gasteiger partial charge in [-0.15, -0.1) is 0 Å². The van der Waals surface area contributed by atoms with E-state index < -0.39 is 15.9 Å². The van der Waals surface area contributed by atoms with Gasteiger partial charge in [0.25, 0.3) is 0 Å². The molecule has 0 radical (unpaired) electrons. The average molecular weight is 414 g/mol. The highest BCUT2D eigenvalue weighted by Gasteiger charge is 2.22. The average Bonchev–Trinajstić information content (AvgIpc) is 3.12. The van der Waals surface area contributed by atoms with Crippen molar-refractivity contribution in [3.8, 4) is 5.82 Å². The minimum atomic E-state index is -3.25. The molecule has 1 fully saturated rings. The summed E-state index contributed by atoms with van der Waals surface area (Å²) >= 11 is 0. The fourth-order valence-electron chi connectivity index (χ4n) is 3.62. The van der Waals surface area contributed by atoms with Crippen molar-refractivity contribution in [1.29, 1.82) is 0 Å². The number of benzene rings is 1. The lowest BCUT2D eigenvalue weighted by atomic mass is 10.1. The molecule has 1 aliphatic heterocycles. The minimum absolute atomic E-state index is 0.222. The Hall–Kier alpha value is -3.07. The van der Waals surface area contributed by atoms with Gasteiger partial charge in [0.1, 0.15) is 5.82 Å². The van der Waals surface area contributed by atoms with Gasteiger partial charge in [0.15, 0.2) is 9.84 Å². The van der Waals surface area contributed by atoms with Crippen molar-refractivity contribution in [3.05, 3.63) is 48.8 Å². The molecule has 8 nitrogen and oxygen atoms in total. The zero-order valence-electron chi connectivity index (χ0n) is 15.9. The van der Waals surface area contributed by atoms with Crippen molar-refractivity contribution in [2.24, 2.45) is 0 Å². The monoisotopic (exact) mass is 414 g/mol. The van der Waals surface area contributed by atoms with Crippen LogP contribution in [0.2, 0.25) is 0 Å². The molecule has 0 spiro atoms. The van der Waals surface area contributed by atoms with Crippen LogP contribution in [0.1, 0.15) is 12.8 Å². The Morgan fingerprint density at radius 3 is 2.55 bits per heavy atom. The Morgan fingerprint density at radius 2 is 1.93 bits per heavy atom. The summed E-state index contributed by atoms with van der Waals surface area (Å²) in [6.45, 7) is 1.06. The summed E-state index contributed by atoms with van der Waals surface area (Å²) in [6, 6.07) is 11.0. The van der Waals surface area contributed by atoms with Gasteiger partial charge in [0.05, 0.1) is 22.3 Å². The van der Waals surface area contributed by atoms with Gasteiger partial charge in [0.2, 0.25) is 0 Å².